The smallest absolute Gasteiger partial charge is 0.230 e. The van der Waals surface area contributed by atoms with Crippen molar-refractivity contribution < 1.29 is 18.6 Å². The number of morpholine rings is 1. The van der Waals surface area contributed by atoms with E-state index < -0.39 is 0 Å². The Morgan fingerprint density at radius 1 is 1.50 bits per heavy atom. The number of ether oxygens (including phenoxy) is 3. The molecule has 0 saturated carbocycles. The second-order valence-corrected chi connectivity index (χ2v) is 5.80. The third-order valence-electron chi connectivity index (χ3n) is 3.26. The van der Waals surface area contributed by atoms with Gasteiger partial charge in [-0.15, -0.1) is 11.3 Å². The van der Waals surface area contributed by atoms with Crippen molar-refractivity contribution in [2.45, 2.75) is 12.7 Å². The van der Waals surface area contributed by atoms with Gasteiger partial charge < -0.3 is 19.5 Å². The van der Waals surface area contributed by atoms with E-state index in [0.29, 0.717) is 37.0 Å². The minimum Gasteiger partial charge on any atom is -0.438 e. The molecule has 1 fully saturated rings. The minimum absolute atomic E-state index is 0.292. The molecule has 22 heavy (non-hydrogen) atoms. The molecule has 118 valence electrons. The van der Waals surface area contributed by atoms with E-state index in [4.69, 9.17) is 14.2 Å². The highest BCUT2D eigenvalue weighted by Crippen LogP contribution is 2.29. The summed E-state index contributed by atoms with van der Waals surface area (Å²) in [6.45, 7) is 2.40. The molecular weight excluding hydrogens is 307 g/mol. The number of hydrogen-bond donors (Lipinski definition) is 1. The van der Waals surface area contributed by atoms with E-state index in [1.807, 2.05) is 0 Å². The lowest BCUT2D eigenvalue weighted by Gasteiger charge is -2.24. The molecule has 5 nitrogen and oxygen atoms in total. The lowest BCUT2D eigenvalue weighted by Crippen LogP contribution is -2.33. The third kappa shape index (κ3) is 3.61. The molecule has 0 aliphatic carbocycles. The number of methoxy groups -OCH3 is 1. The molecule has 2 aromatic rings. The number of rotatable bonds is 5. The Kier molecular flexibility index (Phi) is 4.99. The summed E-state index contributed by atoms with van der Waals surface area (Å²) in [6.07, 6.45) is -0.295. The van der Waals surface area contributed by atoms with Gasteiger partial charge in [-0.3, -0.25) is 0 Å². The van der Waals surface area contributed by atoms with Gasteiger partial charge in [0.2, 0.25) is 5.88 Å². The molecule has 3 rings (SSSR count). The lowest BCUT2D eigenvalue weighted by molar-refractivity contribution is 0.0254. The number of nitrogens with one attached hydrogen (secondary N) is 1. The Bertz CT molecular complexity index is 629. The van der Waals surface area contributed by atoms with Crippen molar-refractivity contribution in [3.8, 4) is 11.6 Å². The normalized spacial score (nSPS) is 18.4. The molecule has 1 aliphatic rings. The van der Waals surface area contributed by atoms with Gasteiger partial charge in [-0.05, 0) is 18.2 Å². The standard InChI is InChI=1S/C15H17FN2O3S/c1-19-8-15-18-14(9-22-15)21-10-2-3-12(16)11(6-10)13-7-17-4-5-20-13/h2-3,6,9,13,17H,4-5,7-8H2,1H3. The van der Waals surface area contributed by atoms with E-state index in [1.54, 1.807) is 24.6 Å². The largest absolute Gasteiger partial charge is 0.438 e. The summed E-state index contributed by atoms with van der Waals surface area (Å²) in [7, 11) is 1.62. The van der Waals surface area contributed by atoms with E-state index in [-0.39, 0.29) is 11.9 Å². The second kappa shape index (κ2) is 7.15. The Balaban J connectivity index is 1.75. The highest BCUT2D eigenvalue weighted by molar-refractivity contribution is 7.09. The molecule has 0 radical (unpaired) electrons. The molecular formula is C15H17FN2O3S. The van der Waals surface area contributed by atoms with Gasteiger partial charge in [-0.25, -0.2) is 9.37 Å². The van der Waals surface area contributed by atoms with Crippen molar-refractivity contribution in [3.63, 3.8) is 0 Å². The number of benzene rings is 1. The van der Waals surface area contributed by atoms with E-state index in [0.717, 1.165) is 11.6 Å². The molecule has 1 saturated heterocycles. The number of aromatic nitrogens is 1. The van der Waals surface area contributed by atoms with Crippen LogP contribution in [0.3, 0.4) is 0 Å². The maximum Gasteiger partial charge on any atom is 0.230 e. The first-order chi connectivity index (χ1) is 10.8. The summed E-state index contributed by atoms with van der Waals surface area (Å²) in [6, 6.07) is 4.65. The number of halogens is 1. The first-order valence-electron chi connectivity index (χ1n) is 6.99. The van der Waals surface area contributed by atoms with E-state index in [2.05, 4.69) is 10.3 Å². The number of thiazole rings is 1. The van der Waals surface area contributed by atoms with Gasteiger partial charge in [-0.2, -0.15) is 0 Å². The fourth-order valence-electron chi connectivity index (χ4n) is 2.25. The highest BCUT2D eigenvalue weighted by Gasteiger charge is 2.20. The van der Waals surface area contributed by atoms with Crippen LogP contribution in [0, 0.1) is 5.82 Å². The van der Waals surface area contributed by atoms with Crippen LogP contribution in [-0.4, -0.2) is 31.8 Å². The molecule has 7 heteroatoms. The van der Waals surface area contributed by atoms with Crippen LogP contribution in [0.5, 0.6) is 11.6 Å². The van der Waals surface area contributed by atoms with Crippen LogP contribution >= 0.6 is 11.3 Å². The van der Waals surface area contributed by atoms with E-state index in [1.165, 1.54) is 17.4 Å². The summed E-state index contributed by atoms with van der Waals surface area (Å²) >= 11 is 1.46. The van der Waals surface area contributed by atoms with Crippen molar-refractivity contribution in [2.75, 3.05) is 26.8 Å². The summed E-state index contributed by atoms with van der Waals surface area (Å²) in [5, 5.41) is 5.82. The van der Waals surface area contributed by atoms with Gasteiger partial charge in [-0.1, -0.05) is 0 Å². The van der Waals surface area contributed by atoms with Gasteiger partial charge in [0.25, 0.3) is 0 Å². The SMILES string of the molecule is COCc1nc(Oc2ccc(F)c(C3CNCCO3)c2)cs1. The van der Waals surface area contributed by atoms with Crippen molar-refractivity contribution >= 4 is 11.3 Å². The van der Waals surface area contributed by atoms with Gasteiger partial charge in [0, 0.05) is 25.8 Å². The topological polar surface area (TPSA) is 52.6 Å². The van der Waals surface area contributed by atoms with E-state index >= 15 is 0 Å². The molecule has 0 bridgehead atoms. The average molecular weight is 324 g/mol. The Morgan fingerprint density at radius 2 is 2.41 bits per heavy atom. The predicted molar refractivity (Wildman–Crippen MR) is 80.9 cm³/mol. The van der Waals surface area contributed by atoms with Crippen LogP contribution < -0.4 is 10.1 Å². The van der Waals surface area contributed by atoms with Crippen molar-refractivity contribution in [2.24, 2.45) is 0 Å². The first kappa shape index (κ1) is 15.4. The van der Waals surface area contributed by atoms with Crippen molar-refractivity contribution in [1.29, 1.82) is 0 Å². The van der Waals surface area contributed by atoms with Crippen molar-refractivity contribution in [1.82, 2.24) is 10.3 Å². The molecule has 1 atom stereocenters. The van der Waals surface area contributed by atoms with Crippen LogP contribution in [-0.2, 0) is 16.1 Å². The summed E-state index contributed by atoms with van der Waals surface area (Å²) in [5.41, 5.74) is 0.497. The summed E-state index contributed by atoms with van der Waals surface area (Å²) < 4.78 is 30.3. The fraction of sp³-hybridized carbons (Fsp3) is 0.400. The zero-order chi connectivity index (χ0) is 15.4. The van der Waals surface area contributed by atoms with Crippen LogP contribution in [0.2, 0.25) is 0 Å². The molecule has 0 amide bonds. The molecule has 1 unspecified atom stereocenters. The van der Waals surface area contributed by atoms with Crippen LogP contribution in [0.15, 0.2) is 23.6 Å². The Hall–Kier alpha value is -1.54. The summed E-state index contributed by atoms with van der Waals surface area (Å²) in [5.74, 6) is 0.733. The zero-order valence-corrected chi connectivity index (χ0v) is 13.0. The average Bonchev–Trinajstić information content (AvgIpc) is 2.98. The molecule has 0 spiro atoms. The van der Waals surface area contributed by atoms with Crippen molar-refractivity contribution in [3.05, 3.63) is 40.0 Å². The molecule has 1 N–H and O–H groups in total. The van der Waals surface area contributed by atoms with Gasteiger partial charge in [0.1, 0.15) is 16.6 Å². The quantitative estimate of drug-likeness (QED) is 0.916. The Morgan fingerprint density at radius 3 is 3.18 bits per heavy atom. The molecule has 2 heterocycles. The fourth-order valence-corrected chi connectivity index (χ4v) is 2.91. The second-order valence-electron chi connectivity index (χ2n) is 4.86. The van der Waals surface area contributed by atoms with Crippen LogP contribution in [0.4, 0.5) is 4.39 Å². The maximum absolute atomic E-state index is 14.0. The monoisotopic (exact) mass is 324 g/mol. The minimum atomic E-state index is -0.295. The molecule has 1 aliphatic heterocycles. The zero-order valence-electron chi connectivity index (χ0n) is 12.2. The third-order valence-corrected chi connectivity index (χ3v) is 4.06. The number of hydrogen-bond acceptors (Lipinski definition) is 6. The van der Waals surface area contributed by atoms with Gasteiger partial charge >= 0.3 is 0 Å². The Labute approximate surface area is 132 Å². The first-order valence-corrected chi connectivity index (χ1v) is 7.87. The van der Waals surface area contributed by atoms with Crippen LogP contribution in [0.1, 0.15) is 16.7 Å². The lowest BCUT2D eigenvalue weighted by atomic mass is 10.1. The molecule has 1 aromatic heterocycles. The van der Waals surface area contributed by atoms with Gasteiger partial charge in [0.05, 0.1) is 24.7 Å². The maximum atomic E-state index is 14.0. The molecule has 1 aromatic carbocycles. The number of nitrogens with zero attached hydrogens (tertiary/aromatic N) is 1. The highest BCUT2D eigenvalue weighted by atomic mass is 32.1. The summed E-state index contributed by atoms with van der Waals surface area (Å²) in [4.78, 5) is 4.29. The van der Waals surface area contributed by atoms with E-state index in [9.17, 15) is 4.39 Å². The van der Waals surface area contributed by atoms with Crippen LogP contribution in [0.25, 0.3) is 0 Å². The predicted octanol–water partition coefficient (Wildman–Crippen LogP) is 2.88. The van der Waals surface area contributed by atoms with Gasteiger partial charge in [0.15, 0.2) is 0 Å².